The van der Waals surface area contributed by atoms with Crippen LogP contribution < -0.4 is 4.57 Å². The van der Waals surface area contributed by atoms with E-state index in [1.54, 1.807) is 6.92 Å². The zero-order valence-electron chi connectivity index (χ0n) is 24.8. The summed E-state index contributed by atoms with van der Waals surface area (Å²) < 4.78 is 264. The van der Waals surface area contributed by atoms with Crippen molar-refractivity contribution in [2.24, 2.45) is 5.92 Å². The van der Waals surface area contributed by atoms with Crippen LogP contribution in [0.3, 0.4) is 0 Å². The molecular formula is C25H27F17NO5S+. The smallest absolute Gasteiger partial charge is 0.460 e. The summed E-state index contributed by atoms with van der Waals surface area (Å²) in [6, 6.07) is 3.06. The maximum atomic E-state index is 14.1. The average Bonchev–Trinajstić information content (AvgIpc) is 2.94. The van der Waals surface area contributed by atoms with Gasteiger partial charge in [-0.2, -0.15) is 83.1 Å². The minimum absolute atomic E-state index is 0.0390. The zero-order chi connectivity index (χ0) is 38.9. The van der Waals surface area contributed by atoms with Crippen molar-refractivity contribution >= 4 is 16.1 Å². The minimum atomic E-state index is -8.72. The third-order valence-electron chi connectivity index (χ3n) is 7.19. The second kappa shape index (κ2) is 14.5. The molecule has 1 rings (SSSR count). The van der Waals surface area contributed by atoms with E-state index in [1.165, 1.54) is 29.1 Å². The van der Waals surface area contributed by atoms with E-state index in [1.807, 2.05) is 0 Å². The summed E-state index contributed by atoms with van der Waals surface area (Å²) >= 11 is 0. The van der Waals surface area contributed by atoms with E-state index in [4.69, 9.17) is 4.55 Å². The summed E-state index contributed by atoms with van der Waals surface area (Å²) in [5.74, 6) is -60.9. The molecule has 24 heteroatoms. The number of aryl methyl sites for hydroxylation is 1. The molecule has 1 heterocycles. The third-order valence-corrected chi connectivity index (χ3v) is 7.99. The molecule has 286 valence electrons. The highest BCUT2D eigenvalue weighted by Gasteiger charge is 2.95. The first-order valence-corrected chi connectivity index (χ1v) is 15.1. The Morgan fingerprint density at radius 1 is 0.776 bits per heavy atom. The largest absolute Gasteiger partial charge is 0.465 e. The molecule has 2 atom stereocenters. The van der Waals surface area contributed by atoms with Gasteiger partial charge in [0.25, 0.3) is 10.1 Å². The molecule has 1 N–H and O–H groups in total. The number of aromatic nitrogens is 1. The van der Waals surface area contributed by atoms with E-state index in [2.05, 4.69) is 4.74 Å². The summed E-state index contributed by atoms with van der Waals surface area (Å²) in [5.41, 5.74) is 0.554. The molecular weight excluding hydrogens is 749 g/mol. The van der Waals surface area contributed by atoms with E-state index < -0.39 is 94.3 Å². The Kier molecular flexibility index (Phi) is 13.1. The number of halogens is 17. The number of esters is 1. The lowest BCUT2D eigenvalue weighted by Gasteiger charge is -2.42. The molecule has 0 spiro atoms. The van der Waals surface area contributed by atoms with Crippen molar-refractivity contribution < 1.29 is 102 Å². The van der Waals surface area contributed by atoms with Crippen LogP contribution in [-0.2, 0) is 26.2 Å². The molecule has 0 radical (unpaired) electrons. The quantitative estimate of drug-likeness (QED) is 0.0715. The number of pyridine rings is 1. The van der Waals surface area contributed by atoms with Gasteiger partial charge in [-0.3, -0.25) is 9.35 Å². The molecule has 6 nitrogen and oxygen atoms in total. The number of rotatable bonds is 18. The van der Waals surface area contributed by atoms with Crippen molar-refractivity contribution in [1.29, 1.82) is 0 Å². The van der Waals surface area contributed by atoms with Crippen molar-refractivity contribution in [3.05, 3.63) is 30.1 Å². The maximum Gasteiger partial charge on any atom is 0.460 e. The molecule has 0 fully saturated rings. The lowest BCUT2D eigenvalue weighted by molar-refractivity contribution is -0.696. The Labute approximate surface area is 266 Å². The fourth-order valence-corrected chi connectivity index (χ4v) is 4.65. The predicted molar refractivity (Wildman–Crippen MR) is 131 cm³/mol. The highest BCUT2D eigenvalue weighted by molar-refractivity contribution is 7.85. The zero-order valence-corrected chi connectivity index (χ0v) is 25.6. The van der Waals surface area contributed by atoms with E-state index in [9.17, 15) is 87.8 Å². The molecule has 0 amide bonds. The summed E-state index contributed by atoms with van der Waals surface area (Å²) in [5, 5.41) is 0. The first kappa shape index (κ1) is 44.4. The molecule has 2 unspecified atom stereocenters. The Morgan fingerprint density at radius 3 is 1.61 bits per heavy atom. The van der Waals surface area contributed by atoms with Crippen LogP contribution in [0.1, 0.15) is 51.0 Å². The normalized spacial score (nSPS) is 16.0. The summed E-state index contributed by atoms with van der Waals surface area (Å²) in [4.78, 5) is 12.2. The summed E-state index contributed by atoms with van der Waals surface area (Å²) in [7, 11) is -4.20. The van der Waals surface area contributed by atoms with Gasteiger partial charge in [0.1, 0.15) is 6.54 Å². The molecule has 0 aliphatic rings. The van der Waals surface area contributed by atoms with Crippen molar-refractivity contribution in [2.45, 2.75) is 99.6 Å². The SMILES string of the molecule is CCC(CC(C)C(=O)OCCC(F)(F)C(F)(F)C(F)(F)C(F)(F)C(F)(F)C(F)(F)C(F)(F)C(F)(F)F)c1cc[n+](CCCS(=O)(=O)O)cc1. The number of alkyl halides is 17. The maximum absolute atomic E-state index is 14.1. The first-order chi connectivity index (χ1) is 21.7. The number of carbonyl (C=O) groups excluding carboxylic acids is 1. The molecule has 1 aromatic heterocycles. The highest BCUT2D eigenvalue weighted by atomic mass is 32.2. The van der Waals surface area contributed by atoms with Crippen molar-refractivity contribution in [2.75, 3.05) is 12.4 Å². The van der Waals surface area contributed by atoms with Crippen LogP contribution >= 0.6 is 0 Å². The Bertz CT molecular complexity index is 1380. The van der Waals surface area contributed by atoms with Crippen LogP contribution in [0.25, 0.3) is 0 Å². The number of ether oxygens (including phenoxy) is 1. The van der Waals surface area contributed by atoms with E-state index in [0.717, 1.165) is 6.92 Å². The number of carbonyl (C=O) groups is 1. The summed E-state index contributed by atoms with van der Waals surface area (Å²) in [6.07, 6.45) is -7.54. The Hall–Kier alpha value is -2.66. The van der Waals surface area contributed by atoms with Gasteiger partial charge >= 0.3 is 53.6 Å². The van der Waals surface area contributed by atoms with E-state index >= 15 is 0 Å². The van der Waals surface area contributed by atoms with Crippen molar-refractivity contribution in [3.8, 4) is 0 Å². The fraction of sp³-hybridized carbons (Fsp3) is 0.760. The van der Waals surface area contributed by atoms with E-state index in [0.29, 0.717) is 12.0 Å². The third kappa shape index (κ3) is 8.81. The van der Waals surface area contributed by atoms with Gasteiger partial charge in [-0.1, -0.05) is 13.8 Å². The van der Waals surface area contributed by atoms with Gasteiger partial charge in [-0.15, -0.1) is 0 Å². The molecule has 49 heavy (non-hydrogen) atoms. The van der Waals surface area contributed by atoms with Crippen LogP contribution in [0.15, 0.2) is 24.5 Å². The van der Waals surface area contributed by atoms with Crippen LogP contribution in [-0.4, -0.2) is 78.9 Å². The molecule has 1 aromatic rings. The van der Waals surface area contributed by atoms with Crippen molar-refractivity contribution in [3.63, 3.8) is 0 Å². The van der Waals surface area contributed by atoms with Gasteiger partial charge in [-0.25, -0.2) is 4.57 Å². The molecule has 0 saturated carbocycles. The molecule has 0 aliphatic carbocycles. The summed E-state index contributed by atoms with van der Waals surface area (Å²) in [6.45, 7) is 0.884. The second-order valence-corrected chi connectivity index (χ2v) is 12.4. The highest BCUT2D eigenvalue weighted by Crippen LogP contribution is 2.64. The molecule has 0 aliphatic heterocycles. The molecule has 0 aromatic carbocycles. The average molecular weight is 777 g/mol. The van der Waals surface area contributed by atoms with E-state index in [-0.39, 0.29) is 19.4 Å². The van der Waals surface area contributed by atoms with Gasteiger partial charge in [-0.05, 0) is 24.3 Å². The number of nitrogens with zero attached hydrogens (tertiary/aromatic N) is 1. The van der Waals surface area contributed by atoms with Gasteiger partial charge in [0, 0.05) is 18.6 Å². The topological polar surface area (TPSA) is 84.5 Å². The monoisotopic (exact) mass is 776 g/mol. The molecule has 0 bridgehead atoms. The number of hydrogen-bond donors (Lipinski definition) is 1. The Balaban J connectivity index is 3.04. The van der Waals surface area contributed by atoms with Crippen molar-refractivity contribution in [1.82, 2.24) is 0 Å². The minimum Gasteiger partial charge on any atom is -0.465 e. The van der Waals surface area contributed by atoms with Crippen LogP contribution in [0.5, 0.6) is 0 Å². The second-order valence-electron chi connectivity index (χ2n) is 10.8. The molecule has 0 saturated heterocycles. The van der Waals surface area contributed by atoms with Crippen LogP contribution in [0.2, 0.25) is 0 Å². The van der Waals surface area contributed by atoms with Crippen LogP contribution in [0, 0.1) is 5.92 Å². The van der Waals surface area contributed by atoms with Gasteiger partial charge in [0.2, 0.25) is 0 Å². The lowest BCUT2D eigenvalue weighted by atomic mass is 9.88. The Morgan fingerprint density at radius 2 is 1.20 bits per heavy atom. The van der Waals surface area contributed by atoms with Gasteiger partial charge in [0.15, 0.2) is 12.4 Å². The number of hydrogen-bond acceptors (Lipinski definition) is 4. The van der Waals surface area contributed by atoms with Gasteiger partial charge in [0.05, 0.1) is 24.7 Å². The lowest BCUT2D eigenvalue weighted by Crippen LogP contribution is -2.74. The standard InChI is InChI=1S/C25H26F17NO5S/c1-3-15(16-5-9-43(10-6-16)8-4-12-49(45,46)47)13-14(2)17(44)48-11-7-18(26,27)19(28,29)20(30,31)21(32,33)22(34,35)23(36,37)24(38,39)25(40,41)42/h5-6,9-10,14-15H,3-4,7-8,11-13H2,1-2H3/p+1. The van der Waals surface area contributed by atoms with Crippen LogP contribution in [0.4, 0.5) is 74.6 Å². The fourth-order valence-electron chi connectivity index (χ4n) is 4.16. The first-order valence-electron chi connectivity index (χ1n) is 13.5. The predicted octanol–water partition coefficient (Wildman–Crippen LogP) is 7.71. The van der Waals surface area contributed by atoms with Gasteiger partial charge < -0.3 is 4.74 Å².